The normalized spacial score (nSPS) is 10.6. The molecule has 0 unspecified atom stereocenters. The maximum atomic E-state index is 13.0. The third kappa shape index (κ3) is 1.76. The second-order valence-corrected chi connectivity index (χ2v) is 3.35. The Morgan fingerprint density at radius 2 is 2.27 bits per heavy atom. The van der Waals surface area contributed by atoms with E-state index in [1.165, 1.54) is 12.1 Å². The van der Waals surface area contributed by atoms with Gasteiger partial charge in [-0.15, -0.1) is 0 Å². The Kier molecular flexibility index (Phi) is 2.51. The predicted molar refractivity (Wildman–Crippen MR) is 56.2 cm³/mol. The van der Waals surface area contributed by atoms with Crippen LogP contribution in [0.4, 0.5) is 4.39 Å². The molecule has 0 aliphatic carbocycles. The Morgan fingerprint density at radius 3 is 2.87 bits per heavy atom. The van der Waals surface area contributed by atoms with E-state index in [4.69, 9.17) is 5.73 Å². The molecule has 0 aliphatic heterocycles. The first-order valence-corrected chi connectivity index (χ1v) is 4.72. The number of benzene rings is 1. The minimum Gasteiger partial charge on any atom is -0.326 e. The lowest BCUT2D eigenvalue weighted by Crippen LogP contribution is -2.02. The number of rotatable bonds is 2. The van der Waals surface area contributed by atoms with Crippen LogP contribution in [0.2, 0.25) is 0 Å². The summed E-state index contributed by atoms with van der Waals surface area (Å²) in [7, 11) is 0. The van der Waals surface area contributed by atoms with Crippen LogP contribution in [0.15, 0.2) is 30.5 Å². The van der Waals surface area contributed by atoms with Gasteiger partial charge in [0.1, 0.15) is 5.82 Å². The number of nitrogens with zero attached hydrogens (tertiary/aromatic N) is 2. The highest BCUT2D eigenvalue weighted by atomic mass is 19.1. The molecule has 0 radical (unpaired) electrons. The molecular formula is C11H12FN3. The van der Waals surface area contributed by atoms with E-state index in [1.807, 2.05) is 13.0 Å². The molecule has 1 heterocycles. The van der Waals surface area contributed by atoms with Gasteiger partial charge in [-0.2, -0.15) is 5.10 Å². The molecule has 15 heavy (non-hydrogen) atoms. The van der Waals surface area contributed by atoms with Crippen LogP contribution in [0.1, 0.15) is 11.3 Å². The molecule has 0 saturated carbocycles. The number of aromatic nitrogens is 2. The first-order chi connectivity index (χ1) is 7.22. The average Bonchev–Trinajstić information content (AvgIpc) is 2.59. The standard InChI is InChI=1S/C11H12FN3/c1-8-9(6-13)7-14-15(8)11-4-2-3-10(12)5-11/h2-5,7H,6,13H2,1H3. The number of nitrogens with two attached hydrogens (primary N) is 1. The maximum Gasteiger partial charge on any atom is 0.125 e. The Bertz CT molecular complexity index is 476. The van der Waals surface area contributed by atoms with Crippen molar-refractivity contribution < 1.29 is 4.39 Å². The van der Waals surface area contributed by atoms with Crippen LogP contribution in [0.25, 0.3) is 5.69 Å². The summed E-state index contributed by atoms with van der Waals surface area (Å²) < 4.78 is 14.7. The van der Waals surface area contributed by atoms with E-state index in [0.29, 0.717) is 12.2 Å². The zero-order chi connectivity index (χ0) is 10.8. The molecule has 0 aliphatic rings. The molecule has 2 aromatic rings. The fourth-order valence-electron chi connectivity index (χ4n) is 1.51. The van der Waals surface area contributed by atoms with Crippen LogP contribution in [-0.2, 0) is 6.54 Å². The molecule has 3 nitrogen and oxygen atoms in total. The van der Waals surface area contributed by atoms with Gasteiger partial charge in [0.05, 0.1) is 11.9 Å². The second-order valence-electron chi connectivity index (χ2n) is 3.35. The molecule has 0 bridgehead atoms. The van der Waals surface area contributed by atoms with Crippen molar-refractivity contribution in [3.63, 3.8) is 0 Å². The summed E-state index contributed by atoms with van der Waals surface area (Å²) in [6, 6.07) is 6.32. The molecule has 0 amide bonds. The number of halogens is 1. The monoisotopic (exact) mass is 205 g/mol. The summed E-state index contributed by atoms with van der Waals surface area (Å²) in [5.41, 5.74) is 8.18. The SMILES string of the molecule is Cc1c(CN)cnn1-c1cccc(F)c1. The van der Waals surface area contributed by atoms with Gasteiger partial charge in [-0.05, 0) is 25.1 Å². The number of hydrogen-bond acceptors (Lipinski definition) is 2. The van der Waals surface area contributed by atoms with Crippen LogP contribution >= 0.6 is 0 Å². The van der Waals surface area contributed by atoms with Gasteiger partial charge >= 0.3 is 0 Å². The third-order valence-electron chi connectivity index (χ3n) is 2.38. The second kappa shape index (κ2) is 3.82. The van der Waals surface area contributed by atoms with Crippen LogP contribution in [0, 0.1) is 12.7 Å². The summed E-state index contributed by atoms with van der Waals surface area (Å²) in [4.78, 5) is 0. The molecule has 0 saturated heterocycles. The number of hydrogen-bond donors (Lipinski definition) is 1. The summed E-state index contributed by atoms with van der Waals surface area (Å²) >= 11 is 0. The van der Waals surface area contributed by atoms with E-state index in [1.54, 1.807) is 16.9 Å². The van der Waals surface area contributed by atoms with Crippen LogP contribution < -0.4 is 5.73 Å². The van der Waals surface area contributed by atoms with Gasteiger partial charge < -0.3 is 5.73 Å². The predicted octanol–water partition coefficient (Wildman–Crippen LogP) is 1.78. The van der Waals surface area contributed by atoms with Gasteiger partial charge in [0.2, 0.25) is 0 Å². The summed E-state index contributed by atoms with van der Waals surface area (Å²) in [5, 5.41) is 4.17. The first-order valence-electron chi connectivity index (χ1n) is 4.72. The fraction of sp³-hybridized carbons (Fsp3) is 0.182. The molecular weight excluding hydrogens is 193 g/mol. The zero-order valence-corrected chi connectivity index (χ0v) is 8.44. The Balaban J connectivity index is 2.49. The van der Waals surface area contributed by atoms with Crippen molar-refractivity contribution in [3.8, 4) is 5.69 Å². The lowest BCUT2D eigenvalue weighted by atomic mass is 10.2. The fourth-order valence-corrected chi connectivity index (χ4v) is 1.51. The summed E-state index contributed by atoms with van der Waals surface area (Å²) in [5.74, 6) is -0.267. The van der Waals surface area contributed by atoms with E-state index in [0.717, 1.165) is 11.3 Å². The van der Waals surface area contributed by atoms with Crippen molar-refractivity contribution in [1.29, 1.82) is 0 Å². The highest BCUT2D eigenvalue weighted by molar-refractivity contribution is 5.34. The van der Waals surface area contributed by atoms with Crippen LogP contribution in [0.5, 0.6) is 0 Å². The molecule has 1 aromatic carbocycles. The van der Waals surface area contributed by atoms with E-state index in [-0.39, 0.29) is 5.82 Å². The molecule has 2 rings (SSSR count). The largest absolute Gasteiger partial charge is 0.326 e. The molecule has 0 spiro atoms. The quantitative estimate of drug-likeness (QED) is 0.812. The van der Waals surface area contributed by atoms with Crippen molar-refractivity contribution in [2.75, 3.05) is 0 Å². The van der Waals surface area contributed by atoms with Gasteiger partial charge in [0, 0.05) is 17.8 Å². The lowest BCUT2D eigenvalue weighted by molar-refractivity contribution is 0.625. The molecule has 1 aromatic heterocycles. The van der Waals surface area contributed by atoms with E-state index < -0.39 is 0 Å². The molecule has 0 fully saturated rings. The molecule has 78 valence electrons. The van der Waals surface area contributed by atoms with Crippen molar-refractivity contribution in [2.24, 2.45) is 5.73 Å². The Labute approximate surface area is 87.3 Å². The maximum absolute atomic E-state index is 13.0. The lowest BCUT2D eigenvalue weighted by Gasteiger charge is -2.04. The van der Waals surface area contributed by atoms with Gasteiger partial charge in [-0.3, -0.25) is 0 Å². The van der Waals surface area contributed by atoms with Gasteiger partial charge in [0.25, 0.3) is 0 Å². The average molecular weight is 205 g/mol. The topological polar surface area (TPSA) is 43.8 Å². The molecule has 2 N–H and O–H groups in total. The Hall–Kier alpha value is -1.68. The van der Waals surface area contributed by atoms with E-state index >= 15 is 0 Å². The van der Waals surface area contributed by atoms with Crippen LogP contribution in [-0.4, -0.2) is 9.78 Å². The van der Waals surface area contributed by atoms with Crippen molar-refractivity contribution in [3.05, 3.63) is 47.5 Å². The Morgan fingerprint density at radius 1 is 1.47 bits per heavy atom. The minimum atomic E-state index is -0.267. The van der Waals surface area contributed by atoms with Gasteiger partial charge in [-0.1, -0.05) is 6.07 Å². The summed E-state index contributed by atoms with van der Waals surface area (Å²) in [6.07, 6.45) is 1.71. The smallest absolute Gasteiger partial charge is 0.125 e. The molecule has 0 atom stereocenters. The van der Waals surface area contributed by atoms with Gasteiger partial charge in [0.15, 0.2) is 0 Å². The minimum absolute atomic E-state index is 0.267. The van der Waals surface area contributed by atoms with E-state index in [9.17, 15) is 4.39 Å². The van der Waals surface area contributed by atoms with Crippen molar-refractivity contribution in [1.82, 2.24) is 9.78 Å². The highest BCUT2D eigenvalue weighted by Gasteiger charge is 2.06. The van der Waals surface area contributed by atoms with E-state index in [2.05, 4.69) is 5.10 Å². The molecule has 4 heteroatoms. The summed E-state index contributed by atoms with van der Waals surface area (Å²) in [6.45, 7) is 2.36. The van der Waals surface area contributed by atoms with Crippen molar-refractivity contribution in [2.45, 2.75) is 13.5 Å². The third-order valence-corrected chi connectivity index (χ3v) is 2.38. The van der Waals surface area contributed by atoms with Crippen molar-refractivity contribution >= 4 is 0 Å². The highest BCUT2D eigenvalue weighted by Crippen LogP contribution is 2.14. The van der Waals surface area contributed by atoms with Gasteiger partial charge in [-0.25, -0.2) is 9.07 Å². The van der Waals surface area contributed by atoms with Crippen LogP contribution in [0.3, 0.4) is 0 Å². The zero-order valence-electron chi connectivity index (χ0n) is 8.44. The first kappa shape index (κ1) is 9.86.